The number of aliphatic hydroxyl groups is 1. The second kappa shape index (κ2) is 7.13. The Balaban J connectivity index is 2.88. The first-order valence-corrected chi connectivity index (χ1v) is 5.48. The highest BCUT2D eigenvalue weighted by atomic mass is 19.3. The average Bonchev–Trinajstić information content (AvgIpc) is 2.31. The van der Waals surface area contributed by atoms with Crippen molar-refractivity contribution in [1.82, 2.24) is 4.90 Å². The molecule has 18 heavy (non-hydrogen) atoms. The minimum Gasteiger partial charge on any atom is -0.497 e. The number of hydrogen-bond donors (Lipinski definition) is 1. The predicted molar refractivity (Wildman–Crippen MR) is 63.0 cm³/mol. The Morgan fingerprint density at radius 2 is 2.11 bits per heavy atom. The van der Waals surface area contributed by atoms with Crippen molar-refractivity contribution >= 4 is 0 Å². The van der Waals surface area contributed by atoms with Gasteiger partial charge in [-0.2, -0.15) is 8.78 Å². The van der Waals surface area contributed by atoms with Gasteiger partial charge in [-0.15, -0.1) is 0 Å². The topological polar surface area (TPSA) is 41.9 Å². The molecule has 4 nitrogen and oxygen atoms in total. The molecule has 1 N–H and O–H groups in total. The molecule has 0 fully saturated rings. The Morgan fingerprint density at radius 3 is 2.67 bits per heavy atom. The molecule has 0 amide bonds. The van der Waals surface area contributed by atoms with Gasteiger partial charge in [0.05, 0.1) is 13.7 Å². The number of aliphatic hydroxyl groups excluding tert-OH is 1. The molecular weight excluding hydrogens is 244 g/mol. The van der Waals surface area contributed by atoms with Crippen LogP contribution in [0.1, 0.15) is 5.56 Å². The molecule has 102 valence electrons. The van der Waals surface area contributed by atoms with Crippen LogP contribution in [-0.2, 0) is 6.54 Å². The van der Waals surface area contributed by atoms with E-state index >= 15 is 0 Å². The number of benzene rings is 1. The van der Waals surface area contributed by atoms with Gasteiger partial charge in [0.1, 0.15) is 11.5 Å². The standard InChI is InChI=1S/C12H17F2NO3/c1-15(5-6-16)8-9-7-10(17-2)3-4-11(9)18-12(13)14/h3-4,7,12,16H,5-6,8H2,1-2H3. The Hall–Kier alpha value is -1.40. The van der Waals surface area contributed by atoms with E-state index in [4.69, 9.17) is 9.84 Å². The molecule has 0 saturated carbocycles. The highest BCUT2D eigenvalue weighted by Gasteiger charge is 2.12. The molecule has 1 aromatic rings. The van der Waals surface area contributed by atoms with E-state index in [2.05, 4.69) is 4.74 Å². The normalized spacial score (nSPS) is 11.1. The average molecular weight is 261 g/mol. The van der Waals surface area contributed by atoms with Crippen molar-refractivity contribution in [1.29, 1.82) is 0 Å². The molecular formula is C12H17F2NO3. The Labute approximate surface area is 105 Å². The molecule has 0 heterocycles. The summed E-state index contributed by atoms with van der Waals surface area (Å²) in [5.41, 5.74) is 0.589. The Morgan fingerprint density at radius 1 is 1.39 bits per heavy atom. The third-order valence-corrected chi connectivity index (χ3v) is 2.41. The molecule has 1 rings (SSSR count). The summed E-state index contributed by atoms with van der Waals surface area (Å²) in [6, 6.07) is 4.66. The van der Waals surface area contributed by atoms with Gasteiger partial charge in [-0.1, -0.05) is 0 Å². The van der Waals surface area contributed by atoms with Crippen LogP contribution in [0.5, 0.6) is 11.5 Å². The second-order valence-electron chi connectivity index (χ2n) is 3.81. The first-order valence-electron chi connectivity index (χ1n) is 5.48. The summed E-state index contributed by atoms with van der Waals surface area (Å²) in [4.78, 5) is 1.80. The van der Waals surface area contributed by atoms with Gasteiger partial charge >= 0.3 is 6.61 Å². The van der Waals surface area contributed by atoms with Gasteiger partial charge in [0.25, 0.3) is 0 Å². The zero-order valence-electron chi connectivity index (χ0n) is 10.4. The van der Waals surface area contributed by atoms with Crippen LogP contribution in [0.15, 0.2) is 18.2 Å². The van der Waals surface area contributed by atoms with Crippen LogP contribution in [-0.4, -0.2) is 43.9 Å². The molecule has 6 heteroatoms. The lowest BCUT2D eigenvalue weighted by Crippen LogP contribution is -2.22. The van der Waals surface area contributed by atoms with E-state index in [1.807, 2.05) is 0 Å². The first-order chi connectivity index (χ1) is 8.56. The van der Waals surface area contributed by atoms with Gasteiger partial charge in [0.2, 0.25) is 0 Å². The van der Waals surface area contributed by atoms with Gasteiger partial charge in [-0.3, -0.25) is 4.90 Å². The van der Waals surface area contributed by atoms with Crippen LogP contribution < -0.4 is 9.47 Å². The van der Waals surface area contributed by atoms with Gasteiger partial charge in [-0.25, -0.2) is 0 Å². The summed E-state index contributed by atoms with van der Waals surface area (Å²) in [6.07, 6.45) is 0. The molecule has 0 radical (unpaired) electrons. The first kappa shape index (κ1) is 14.7. The highest BCUT2D eigenvalue weighted by Crippen LogP contribution is 2.26. The number of nitrogens with zero attached hydrogens (tertiary/aromatic N) is 1. The summed E-state index contributed by atoms with van der Waals surface area (Å²) >= 11 is 0. The van der Waals surface area contributed by atoms with E-state index in [9.17, 15) is 8.78 Å². The van der Waals surface area contributed by atoms with Crippen molar-refractivity contribution in [3.05, 3.63) is 23.8 Å². The summed E-state index contributed by atoms with van der Waals surface area (Å²) in [5.74, 6) is 0.694. The van der Waals surface area contributed by atoms with Crippen molar-refractivity contribution < 1.29 is 23.4 Å². The largest absolute Gasteiger partial charge is 0.497 e. The third-order valence-electron chi connectivity index (χ3n) is 2.41. The van der Waals surface area contributed by atoms with Crippen molar-refractivity contribution in [3.63, 3.8) is 0 Å². The number of rotatable bonds is 7. The minimum absolute atomic E-state index is 0.00546. The summed E-state index contributed by atoms with van der Waals surface area (Å²) in [5, 5.41) is 8.81. The van der Waals surface area contributed by atoms with Gasteiger partial charge in [0, 0.05) is 18.7 Å². The minimum atomic E-state index is -2.86. The maximum Gasteiger partial charge on any atom is 0.387 e. The molecule has 0 unspecified atom stereocenters. The van der Waals surface area contributed by atoms with Crippen LogP contribution in [0.3, 0.4) is 0 Å². The number of ether oxygens (including phenoxy) is 2. The molecule has 0 saturated heterocycles. The summed E-state index contributed by atoms with van der Waals surface area (Å²) < 4.78 is 34.0. The fraction of sp³-hybridized carbons (Fsp3) is 0.500. The number of hydrogen-bond acceptors (Lipinski definition) is 4. The lowest BCUT2D eigenvalue weighted by atomic mass is 10.1. The van der Waals surface area contributed by atoms with Crippen molar-refractivity contribution in [2.75, 3.05) is 27.3 Å². The lowest BCUT2D eigenvalue weighted by molar-refractivity contribution is -0.0507. The second-order valence-corrected chi connectivity index (χ2v) is 3.81. The monoisotopic (exact) mass is 261 g/mol. The smallest absolute Gasteiger partial charge is 0.387 e. The van der Waals surface area contributed by atoms with Gasteiger partial charge < -0.3 is 14.6 Å². The fourth-order valence-electron chi connectivity index (χ4n) is 1.56. The van der Waals surface area contributed by atoms with E-state index in [0.29, 0.717) is 24.4 Å². The van der Waals surface area contributed by atoms with E-state index in [0.717, 1.165) is 0 Å². The molecule has 0 bridgehead atoms. The third kappa shape index (κ3) is 4.46. The highest BCUT2D eigenvalue weighted by molar-refractivity contribution is 5.40. The van der Waals surface area contributed by atoms with Crippen LogP contribution >= 0.6 is 0 Å². The van der Waals surface area contributed by atoms with Gasteiger partial charge in [-0.05, 0) is 25.2 Å². The van der Waals surface area contributed by atoms with Crippen LogP contribution in [0.25, 0.3) is 0 Å². The molecule has 0 aromatic heterocycles. The van der Waals surface area contributed by atoms with Crippen molar-refractivity contribution in [3.8, 4) is 11.5 Å². The number of methoxy groups -OCH3 is 1. The molecule has 0 spiro atoms. The number of halogens is 2. The Bertz CT molecular complexity index is 374. The molecule has 0 atom stereocenters. The Kier molecular flexibility index (Phi) is 5.80. The van der Waals surface area contributed by atoms with E-state index in [1.165, 1.54) is 13.2 Å². The summed E-state index contributed by atoms with van der Waals surface area (Å²) in [7, 11) is 3.28. The van der Waals surface area contributed by atoms with E-state index in [1.54, 1.807) is 24.1 Å². The fourth-order valence-corrected chi connectivity index (χ4v) is 1.56. The summed E-state index contributed by atoms with van der Waals surface area (Å²) in [6.45, 7) is -2.02. The molecule has 0 aliphatic heterocycles. The number of likely N-dealkylation sites (N-methyl/N-ethyl adjacent to an activating group) is 1. The zero-order valence-corrected chi connectivity index (χ0v) is 10.4. The lowest BCUT2D eigenvalue weighted by Gasteiger charge is -2.18. The van der Waals surface area contributed by atoms with Crippen LogP contribution in [0, 0.1) is 0 Å². The molecule has 0 aliphatic carbocycles. The maximum atomic E-state index is 12.3. The SMILES string of the molecule is COc1ccc(OC(F)F)c(CN(C)CCO)c1. The maximum absolute atomic E-state index is 12.3. The number of alkyl halides is 2. The molecule has 1 aromatic carbocycles. The van der Waals surface area contributed by atoms with E-state index < -0.39 is 6.61 Å². The van der Waals surface area contributed by atoms with Crippen LogP contribution in [0.4, 0.5) is 8.78 Å². The predicted octanol–water partition coefficient (Wildman–Crippen LogP) is 1.72. The van der Waals surface area contributed by atoms with Crippen molar-refractivity contribution in [2.24, 2.45) is 0 Å². The van der Waals surface area contributed by atoms with Crippen molar-refractivity contribution in [2.45, 2.75) is 13.2 Å². The van der Waals surface area contributed by atoms with Crippen LogP contribution in [0.2, 0.25) is 0 Å². The quantitative estimate of drug-likeness (QED) is 0.811. The van der Waals surface area contributed by atoms with Gasteiger partial charge in [0.15, 0.2) is 0 Å². The molecule has 0 aliphatic rings. The zero-order chi connectivity index (χ0) is 13.5. The van der Waals surface area contributed by atoms with E-state index in [-0.39, 0.29) is 12.4 Å².